The Balaban J connectivity index is 1.76. The van der Waals surface area contributed by atoms with Gasteiger partial charge in [-0.1, -0.05) is 86.5 Å². The number of oxime groups is 2. The lowest BCUT2D eigenvalue weighted by Crippen LogP contribution is -2.63. The molecule has 13 heteroatoms. The van der Waals surface area contributed by atoms with Crippen molar-refractivity contribution in [3.8, 4) is 11.1 Å². The molecule has 3 rings (SSSR count). The number of carbonyl (C=O) groups is 3. The maximum Gasteiger partial charge on any atom is 0.407 e. The molecule has 50 heavy (non-hydrogen) atoms. The zero-order valence-corrected chi connectivity index (χ0v) is 30.4. The summed E-state index contributed by atoms with van der Waals surface area (Å²) in [6.07, 6.45) is -1.37. The highest BCUT2D eigenvalue weighted by Gasteiger charge is 2.50. The summed E-state index contributed by atoms with van der Waals surface area (Å²) in [7, 11) is 0. The lowest BCUT2D eigenvalue weighted by Gasteiger charge is -2.44. The van der Waals surface area contributed by atoms with Gasteiger partial charge in [0.1, 0.15) is 12.1 Å². The van der Waals surface area contributed by atoms with Crippen LogP contribution >= 0.6 is 0 Å². The molecule has 1 aliphatic carbocycles. The van der Waals surface area contributed by atoms with E-state index in [4.69, 9.17) is 9.57 Å². The van der Waals surface area contributed by atoms with Crippen LogP contribution in [0.4, 0.5) is 4.79 Å². The molecule has 1 aliphatic rings. The first-order chi connectivity index (χ1) is 23.4. The average molecular weight is 696 g/mol. The van der Waals surface area contributed by atoms with Crippen molar-refractivity contribution in [3.63, 3.8) is 0 Å². The fraction of sp³-hybridized carbons (Fsp3) is 0.541. The summed E-state index contributed by atoms with van der Waals surface area (Å²) in [6, 6.07) is 15.8. The second-order valence-electron chi connectivity index (χ2n) is 14.7. The number of fused-ring (bicyclic) bond motifs is 3. The third-order valence-electron chi connectivity index (χ3n) is 9.57. The standard InChI is InChI=1S/C37H53N5O8/c1-9-29(40-47)35(5,6)38-20-21-50-42-36(7,8)30(41-48)22-31(43)37(34(2,3)4,19-18-32(44)45)39-33(46)49-23-28-26-16-12-10-14-24(26)25-15-11-13-17-27(25)28/h10-17,28,38,42,47-48H,9,18-23H2,1-8H3,(H,39,46)(H,44,45)/t37-/m0/s1. The minimum atomic E-state index is -1.71. The number of nitrogens with one attached hydrogen (secondary N) is 3. The van der Waals surface area contributed by atoms with Crippen molar-refractivity contribution in [2.75, 3.05) is 19.8 Å². The number of amides is 1. The van der Waals surface area contributed by atoms with E-state index in [0.717, 1.165) is 22.3 Å². The molecule has 0 spiro atoms. The Labute approximate surface area is 294 Å². The van der Waals surface area contributed by atoms with Crippen LogP contribution < -0.4 is 16.1 Å². The highest BCUT2D eigenvalue weighted by Crippen LogP contribution is 2.44. The minimum absolute atomic E-state index is 0.00341. The number of hydrogen-bond acceptors (Lipinski definition) is 11. The number of hydroxylamine groups is 1. The molecular weight excluding hydrogens is 642 g/mol. The first-order valence-electron chi connectivity index (χ1n) is 16.9. The molecule has 0 unspecified atom stereocenters. The number of ketones is 1. The highest BCUT2D eigenvalue weighted by molar-refractivity contribution is 6.10. The molecule has 0 bridgehead atoms. The van der Waals surface area contributed by atoms with Gasteiger partial charge in [-0.05, 0) is 68.2 Å². The van der Waals surface area contributed by atoms with Gasteiger partial charge >= 0.3 is 12.1 Å². The van der Waals surface area contributed by atoms with Crippen molar-refractivity contribution in [3.05, 3.63) is 59.7 Å². The largest absolute Gasteiger partial charge is 0.481 e. The van der Waals surface area contributed by atoms with Gasteiger partial charge < -0.3 is 30.9 Å². The molecule has 2 aromatic rings. The summed E-state index contributed by atoms with van der Waals surface area (Å²) in [6.45, 7) is 14.7. The fourth-order valence-corrected chi connectivity index (χ4v) is 6.48. The zero-order valence-electron chi connectivity index (χ0n) is 30.4. The van der Waals surface area contributed by atoms with Gasteiger partial charge in [0.25, 0.3) is 0 Å². The number of benzene rings is 2. The number of carboxylic acids is 1. The van der Waals surface area contributed by atoms with E-state index >= 15 is 0 Å². The van der Waals surface area contributed by atoms with Gasteiger partial charge in [-0.25, -0.2) is 4.79 Å². The van der Waals surface area contributed by atoms with Crippen molar-refractivity contribution >= 4 is 29.3 Å². The Kier molecular flexibility index (Phi) is 13.3. The third-order valence-corrected chi connectivity index (χ3v) is 9.57. The van der Waals surface area contributed by atoms with E-state index in [1.807, 2.05) is 69.3 Å². The van der Waals surface area contributed by atoms with Crippen LogP contribution in [0.15, 0.2) is 58.8 Å². The smallest absolute Gasteiger partial charge is 0.407 e. The number of ether oxygens (including phenoxy) is 1. The van der Waals surface area contributed by atoms with Crippen molar-refractivity contribution < 1.29 is 39.5 Å². The van der Waals surface area contributed by atoms with E-state index in [2.05, 4.69) is 26.4 Å². The van der Waals surface area contributed by atoms with Gasteiger partial charge in [0, 0.05) is 18.9 Å². The van der Waals surface area contributed by atoms with E-state index in [0.29, 0.717) is 18.7 Å². The third kappa shape index (κ3) is 9.26. The fourth-order valence-electron chi connectivity index (χ4n) is 6.48. The predicted octanol–water partition coefficient (Wildman–Crippen LogP) is 5.87. The Hall–Kier alpha value is -4.33. The van der Waals surface area contributed by atoms with E-state index in [-0.39, 0.29) is 31.3 Å². The molecule has 1 atom stereocenters. The zero-order chi connectivity index (χ0) is 37.3. The van der Waals surface area contributed by atoms with E-state index in [1.54, 1.807) is 34.6 Å². The molecule has 0 fully saturated rings. The van der Waals surface area contributed by atoms with Crippen molar-refractivity contribution in [2.24, 2.45) is 15.7 Å². The predicted molar refractivity (Wildman–Crippen MR) is 191 cm³/mol. The Morgan fingerprint density at radius 3 is 1.90 bits per heavy atom. The molecule has 0 saturated heterocycles. The van der Waals surface area contributed by atoms with E-state index in [9.17, 15) is 29.9 Å². The van der Waals surface area contributed by atoms with Crippen molar-refractivity contribution in [1.82, 2.24) is 16.1 Å². The summed E-state index contributed by atoms with van der Waals surface area (Å²) in [4.78, 5) is 45.3. The van der Waals surface area contributed by atoms with E-state index < -0.39 is 52.7 Å². The number of carbonyl (C=O) groups excluding carboxylic acids is 2. The summed E-state index contributed by atoms with van der Waals surface area (Å²) >= 11 is 0. The first kappa shape index (κ1) is 40.1. The molecule has 0 heterocycles. The van der Waals surface area contributed by atoms with Gasteiger partial charge in [-0.15, -0.1) is 0 Å². The van der Waals surface area contributed by atoms with E-state index in [1.165, 1.54) is 0 Å². The SMILES string of the molecule is CCC(=NO)C(C)(C)NCCONC(C)(C)C(CC(=O)[C@](CCC(=O)O)(NC(=O)OCC1c2ccccc2-c2ccccc21)C(C)(C)C)=NO. The Morgan fingerprint density at radius 2 is 1.40 bits per heavy atom. The molecule has 6 N–H and O–H groups in total. The maximum atomic E-state index is 14.3. The molecule has 2 aromatic carbocycles. The van der Waals surface area contributed by atoms with Crippen LogP contribution in [-0.4, -0.2) is 81.2 Å². The second-order valence-corrected chi connectivity index (χ2v) is 14.7. The molecule has 0 saturated carbocycles. The highest BCUT2D eigenvalue weighted by atomic mass is 16.6. The summed E-state index contributed by atoms with van der Waals surface area (Å²) in [5.41, 5.74) is 3.20. The molecular formula is C37H53N5O8. The van der Waals surface area contributed by atoms with Gasteiger partial charge in [0.2, 0.25) is 0 Å². The number of hydrogen-bond donors (Lipinski definition) is 6. The number of Topliss-reactive ketones (excluding diaryl/α,β-unsaturated/α-hetero) is 1. The van der Waals surface area contributed by atoms with Crippen LogP contribution in [0.2, 0.25) is 0 Å². The minimum Gasteiger partial charge on any atom is -0.481 e. The molecule has 0 aromatic heterocycles. The van der Waals surface area contributed by atoms with Gasteiger partial charge in [-0.3, -0.25) is 14.4 Å². The topological polar surface area (TPSA) is 191 Å². The molecule has 13 nitrogen and oxygen atoms in total. The molecule has 0 aliphatic heterocycles. The summed E-state index contributed by atoms with van der Waals surface area (Å²) < 4.78 is 5.79. The Morgan fingerprint density at radius 1 is 0.840 bits per heavy atom. The first-order valence-corrected chi connectivity index (χ1v) is 16.9. The monoisotopic (exact) mass is 695 g/mol. The van der Waals surface area contributed by atoms with Crippen LogP contribution in [0.5, 0.6) is 0 Å². The van der Waals surface area contributed by atoms with Crippen LogP contribution in [-0.2, 0) is 19.2 Å². The number of carboxylic acid groups (broad SMARTS) is 1. The van der Waals surface area contributed by atoms with Crippen molar-refractivity contribution in [2.45, 2.75) is 104 Å². The van der Waals surface area contributed by atoms with Crippen LogP contribution in [0.3, 0.4) is 0 Å². The van der Waals surface area contributed by atoms with Crippen LogP contribution in [0.25, 0.3) is 11.1 Å². The molecule has 274 valence electrons. The summed E-state index contributed by atoms with van der Waals surface area (Å²) in [5, 5.41) is 41.7. The maximum absolute atomic E-state index is 14.3. The van der Waals surface area contributed by atoms with Gasteiger partial charge in [0.05, 0.1) is 35.5 Å². The lowest BCUT2D eigenvalue weighted by atomic mass is 9.67. The van der Waals surface area contributed by atoms with Crippen molar-refractivity contribution in [1.29, 1.82) is 0 Å². The summed E-state index contributed by atoms with van der Waals surface area (Å²) in [5.74, 6) is -1.91. The number of alkyl carbamates (subject to hydrolysis) is 1. The van der Waals surface area contributed by atoms with Crippen LogP contribution in [0, 0.1) is 5.41 Å². The number of rotatable bonds is 18. The Bertz CT molecular complexity index is 1530. The quantitative estimate of drug-likeness (QED) is 0.0476. The number of nitrogens with zero attached hydrogens (tertiary/aromatic N) is 2. The number of aliphatic carboxylic acids is 1. The second kappa shape index (κ2) is 16.6. The lowest BCUT2D eigenvalue weighted by molar-refractivity contribution is -0.138. The average Bonchev–Trinajstić information content (AvgIpc) is 3.37. The molecule has 1 amide bonds. The normalized spacial score (nSPS) is 15.2. The van der Waals surface area contributed by atoms with Crippen LogP contribution in [0.1, 0.15) is 98.1 Å². The van der Waals surface area contributed by atoms with Gasteiger partial charge in [-0.2, -0.15) is 5.48 Å². The molecule has 0 radical (unpaired) electrons. The van der Waals surface area contributed by atoms with Gasteiger partial charge in [0.15, 0.2) is 5.78 Å².